The fraction of sp³-hybridized carbons (Fsp3) is 0.317. The maximum Gasteiger partial charge on any atom is 0.416 e. The first-order valence-electron chi connectivity index (χ1n) is 30.9. The molecule has 0 N–H and O–H groups in total. The Labute approximate surface area is 355 Å². The second-order valence-corrected chi connectivity index (χ2v) is 10.9. The highest BCUT2D eigenvalue weighted by Crippen LogP contribution is 2.32. The van der Waals surface area contributed by atoms with E-state index in [1.54, 1.807) is 0 Å². The highest BCUT2D eigenvalue weighted by Gasteiger charge is 2.31. The minimum atomic E-state index is -5.63. The summed E-state index contributed by atoms with van der Waals surface area (Å²) in [6.45, 7) is -21.2. The lowest BCUT2D eigenvalue weighted by molar-refractivity contribution is -0.137. The number of carbonyl (C=O) groups excluding carboxylic acids is 1. The number of nitrogens with zero attached hydrogens (tertiary/aromatic N) is 3. The van der Waals surface area contributed by atoms with Gasteiger partial charge in [0.25, 0.3) is 0 Å². The summed E-state index contributed by atoms with van der Waals surface area (Å²) in [7, 11) is -3.39. The van der Waals surface area contributed by atoms with E-state index in [1.807, 2.05) is 0 Å². The third kappa shape index (κ3) is 9.17. The third-order valence-corrected chi connectivity index (χ3v) is 7.27. The van der Waals surface area contributed by atoms with Gasteiger partial charge in [0, 0.05) is 75.5 Å². The summed E-state index contributed by atoms with van der Waals surface area (Å²) in [4.78, 5) is 28.5. The van der Waals surface area contributed by atoms with Crippen LogP contribution in [0.2, 0.25) is 0 Å². The Kier molecular flexibility index (Phi) is 4.59. The molecule has 6 nitrogen and oxygen atoms in total. The molecule has 1 saturated heterocycles. The SMILES string of the molecule is [2H]c1c([2H])c(F)c(F)c(C([2H])([2H])Sc2c([2H])c(=O)c3c([2H])c(C)c([2H])c([2H])c3n2C([2H])([2H])C(=O)N(C([2H])([2H])c2c([2H])c([2H])c(-c3c([2H])c([2H])c(C(F)(F)F)c([2H])c3[2H])c([2H])c2[2H])C2([2H])C([2H])([2H])C([2H])([2H])N(CCOC([2H])([2H])[2H])C([2H])([2H])C2([2H])[2H])c1[2H]. The lowest BCUT2D eigenvalue weighted by Crippen LogP contribution is -2.48. The molecule has 4 aromatic carbocycles. The lowest BCUT2D eigenvalue weighted by Gasteiger charge is -2.39. The first-order valence-corrected chi connectivity index (χ1v) is 15.2. The van der Waals surface area contributed by atoms with Gasteiger partial charge in [0.2, 0.25) is 5.91 Å². The van der Waals surface area contributed by atoms with Crippen molar-refractivity contribution in [2.45, 2.75) is 55.6 Å². The number of rotatable bonds is 12. The van der Waals surface area contributed by atoms with Gasteiger partial charge >= 0.3 is 6.18 Å². The number of alkyl halides is 3. The Balaban J connectivity index is 1.86. The monoisotopic (exact) mass is 782 g/mol. The highest BCUT2D eigenvalue weighted by molar-refractivity contribution is 7.98. The quantitative estimate of drug-likeness (QED) is 0.0937. The van der Waals surface area contributed by atoms with Crippen LogP contribution in [0.1, 0.15) is 80.2 Å². The number of benzene rings is 4. The van der Waals surface area contributed by atoms with E-state index in [2.05, 4.69) is 4.74 Å². The fourth-order valence-corrected chi connectivity index (χ4v) is 4.77. The number of halogens is 5. The van der Waals surface area contributed by atoms with Crippen molar-refractivity contribution in [1.82, 2.24) is 14.4 Å². The molecule has 0 radical (unpaired) electrons. The Hall–Kier alpha value is -4.52. The standard InChI is InChI=1S/C41H40F5N3O3S/c1-27-6-15-36-34(22-27)37(50)23-39(53-26-31-4-3-5-35(42)40(31)43)49(36)25-38(51)48(33-16-18-47(19-17-33)20-21-52-2)24-28-7-9-29(10-8-28)30-11-13-32(14-12-30)41(44,45)46/h3-15,22-23,33H,16-21,24-26H2,1-2H3/i2D3,3D,4D,5D,6D,7D,8D,9D,10D,11D,12D,13D,14D,15D,16D2,17D2,18D2,19D2,22D,23D,24D2,25D2,26D2,33D. The molecule has 1 amide bonds. The van der Waals surface area contributed by atoms with Crippen LogP contribution in [-0.4, -0.2) is 59.5 Å². The van der Waals surface area contributed by atoms with Crippen molar-refractivity contribution in [3.63, 3.8) is 0 Å². The smallest absolute Gasteiger partial charge is 0.383 e. The van der Waals surface area contributed by atoms with Crippen molar-refractivity contribution in [2.24, 2.45) is 0 Å². The topological polar surface area (TPSA) is 54.8 Å². The average molecular weight is 783 g/mol. The summed E-state index contributed by atoms with van der Waals surface area (Å²) in [5.74, 6) is -7.97. The predicted octanol–water partition coefficient (Wildman–Crippen LogP) is 8.71. The number of aromatic nitrogens is 1. The van der Waals surface area contributed by atoms with E-state index in [4.69, 9.17) is 32.9 Å². The Morgan fingerprint density at radius 2 is 1.74 bits per heavy atom. The molecule has 1 fully saturated rings. The third-order valence-electron chi connectivity index (χ3n) is 6.49. The zero-order valence-corrected chi connectivity index (χ0v) is 27.1. The van der Waals surface area contributed by atoms with Gasteiger partial charge in [0.1, 0.15) is 6.50 Å². The second kappa shape index (κ2) is 16.7. The van der Waals surface area contributed by atoms with Gasteiger partial charge in [-0.25, -0.2) is 8.78 Å². The molecule has 5 aromatic rings. The van der Waals surface area contributed by atoms with Gasteiger partial charge < -0.3 is 19.1 Å². The summed E-state index contributed by atoms with van der Waals surface area (Å²) < 4.78 is 367. The average Bonchev–Trinajstić information content (AvgIpc) is 0.662. The number of likely N-dealkylation sites (tertiary alicyclic amines) is 1. The zero-order valence-electron chi connectivity index (χ0n) is 59.3. The minimum Gasteiger partial charge on any atom is -0.383 e. The van der Waals surface area contributed by atoms with E-state index in [0.717, 1.165) is 6.92 Å². The van der Waals surface area contributed by atoms with Crippen LogP contribution in [0.4, 0.5) is 22.0 Å². The second-order valence-electron chi connectivity index (χ2n) is 10.1. The van der Waals surface area contributed by atoms with E-state index in [-0.39, 0.29) is 0 Å². The van der Waals surface area contributed by atoms with Crippen LogP contribution in [0.3, 0.4) is 0 Å². The van der Waals surface area contributed by atoms with Crippen LogP contribution < -0.4 is 5.43 Å². The number of piperidine rings is 1. The van der Waals surface area contributed by atoms with Gasteiger partial charge in [-0.3, -0.25) is 9.59 Å². The molecule has 1 aliphatic rings. The predicted molar refractivity (Wildman–Crippen MR) is 198 cm³/mol. The molecule has 0 atom stereocenters. The molecular formula is C41H40F5N3O3S. The van der Waals surface area contributed by atoms with Crippen molar-refractivity contribution in [3.8, 4) is 11.1 Å². The number of thioether (sulfide) groups is 1. The first-order chi connectivity index (χ1) is 38.5. The molecule has 2 heterocycles. The maximum absolute atomic E-state index is 16.1. The number of fused-ring (bicyclic) bond motifs is 1. The first kappa shape index (κ1) is 14.6. The number of pyridine rings is 1. The Morgan fingerprint density at radius 3 is 2.42 bits per heavy atom. The number of hydrogen-bond acceptors (Lipinski definition) is 5. The van der Waals surface area contributed by atoms with Crippen molar-refractivity contribution in [1.29, 1.82) is 0 Å². The molecule has 0 saturated carbocycles. The van der Waals surface area contributed by atoms with Crippen LogP contribution in [0.5, 0.6) is 0 Å². The van der Waals surface area contributed by atoms with Gasteiger partial charge in [0.05, 0.1) is 54.2 Å². The van der Waals surface area contributed by atoms with E-state index in [1.165, 1.54) is 0 Å². The molecular weight excluding hydrogens is 710 g/mol. The van der Waals surface area contributed by atoms with Gasteiger partial charge in [-0.15, -0.1) is 11.8 Å². The summed E-state index contributed by atoms with van der Waals surface area (Å²) in [6.07, 6.45) is -15.6. The van der Waals surface area contributed by atoms with Gasteiger partial charge in [-0.1, -0.05) is 59.9 Å². The normalized spacial score (nSPS) is 28.6. The summed E-state index contributed by atoms with van der Waals surface area (Å²) >= 11 is -0.900. The molecule has 1 aromatic heterocycles. The highest BCUT2D eigenvalue weighted by atomic mass is 32.2. The molecule has 0 aliphatic carbocycles. The van der Waals surface area contributed by atoms with Gasteiger partial charge in [-0.05, 0) is 66.6 Å². The molecule has 6 rings (SSSR count). The zero-order chi connectivity index (χ0) is 66.7. The maximum atomic E-state index is 16.1. The molecule has 278 valence electrons. The summed E-state index contributed by atoms with van der Waals surface area (Å²) in [6, 6.07) is -30.9. The van der Waals surface area contributed by atoms with E-state index in [9.17, 15) is 30.3 Å². The molecule has 53 heavy (non-hydrogen) atoms. The molecule has 1 aliphatic heterocycles. The summed E-state index contributed by atoms with van der Waals surface area (Å²) in [5, 5.41) is -3.25. The number of hydrogen-bond donors (Lipinski definition) is 0. The van der Waals surface area contributed by atoms with Crippen LogP contribution in [0, 0.1) is 18.6 Å². The van der Waals surface area contributed by atoms with Gasteiger partial charge in [0.15, 0.2) is 17.1 Å². The molecule has 0 bridgehead atoms. The van der Waals surface area contributed by atoms with E-state index >= 15 is 13.6 Å². The van der Waals surface area contributed by atoms with E-state index in [0.29, 0.717) is 0 Å². The Bertz CT molecular complexity index is 3670. The number of methoxy groups -OCH3 is 1. The fourth-order valence-electron chi connectivity index (χ4n) is 4.06. The summed E-state index contributed by atoms with van der Waals surface area (Å²) in [5.41, 5.74) is -17.4. The molecule has 0 unspecified atom stereocenters. The van der Waals surface area contributed by atoms with Crippen molar-refractivity contribution in [3.05, 3.63) is 135 Å². The van der Waals surface area contributed by atoms with Crippen molar-refractivity contribution < 1.29 is 76.7 Å². The number of amides is 1. The molecule has 0 spiro atoms. The minimum absolute atomic E-state index is 0.464. The van der Waals surface area contributed by atoms with Crippen molar-refractivity contribution in [2.75, 3.05) is 33.2 Å². The van der Waals surface area contributed by atoms with Crippen LogP contribution >= 0.6 is 11.8 Å². The largest absolute Gasteiger partial charge is 0.416 e. The Morgan fingerprint density at radius 1 is 1.04 bits per heavy atom. The van der Waals surface area contributed by atoms with Crippen LogP contribution in [0.15, 0.2) is 100 Å². The van der Waals surface area contributed by atoms with Gasteiger partial charge in [-0.2, -0.15) is 13.2 Å². The number of carbonyl (C=O) groups is 1. The van der Waals surface area contributed by atoms with Crippen molar-refractivity contribution >= 4 is 28.6 Å². The number of ether oxygens (including phenoxy) is 1. The van der Waals surface area contributed by atoms with Crippen LogP contribution in [-0.2, 0) is 34.4 Å². The van der Waals surface area contributed by atoms with E-state index < -0.39 is 266 Å². The lowest BCUT2D eigenvalue weighted by atomic mass is 10.00. The van der Waals surface area contributed by atoms with Crippen LogP contribution in [0.25, 0.3) is 22.0 Å². The molecule has 12 heteroatoms.